The van der Waals surface area contributed by atoms with Gasteiger partial charge in [0.25, 0.3) is 5.91 Å². The van der Waals surface area contributed by atoms with E-state index < -0.39 is 17.8 Å². The molecule has 0 spiro atoms. The summed E-state index contributed by atoms with van der Waals surface area (Å²) in [6, 6.07) is 5.78. The van der Waals surface area contributed by atoms with E-state index in [0.29, 0.717) is 16.8 Å². The Morgan fingerprint density at radius 3 is 2.67 bits per heavy atom. The Bertz CT molecular complexity index is 693. The SMILES string of the molecule is C=C/C=C\C(=C/C)C(=O)NC(=O)Nc1cccc(CC(=O)NO)c1. The molecule has 0 atom stereocenters. The number of imide groups is 1. The monoisotopic (exact) mass is 329 g/mol. The van der Waals surface area contributed by atoms with E-state index in [2.05, 4.69) is 17.2 Å². The minimum absolute atomic E-state index is 0.0400. The average molecular weight is 329 g/mol. The van der Waals surface area contributed by atoms with Crippen LogP contribution in [0.2, 0.25) is 0 Å². The van der Waals surface area contributed by atoms with Crippen molar-refractivity contribution in [2.24, 2.45) is 0 Å². The van der Waals surface area contributed by atoms with Gasteiger partial charge in [-0.25, -0.2) is 10.3 Å². The van der Waals surface area contributed by atoms with Crippen molar-refractivity contribution in [2.45, 2.75) is 13.3 Å². The van der Waals surface area contributed by atoms with Crippen LogP contribution in [0, 0.1) is 0 Å². The molecule has 0 heterocycles. The Hall–Kier alpha value is -3.19. The van der Waals surface area contributed by atoms with E-state index in [9.17, 15) is 14.4 Å². The molecule has 7 nitrogen and oxygen atoms in total. The highest BCUT2D eigenvalue weighted by Gasteiger charge is 2.11. The van der Waals surface area contributed by atoms with E-state index in [1.54, 1.807) is 43.3 Å². The summed E-state index contributed by atoms with van der Waals surface area (Å²) in [7, 11) is 0. The zero-order chi connectivity index (χ0) is 17.9. The minimum Gasteiger partial charge on any atom is -0.308 e. The van der Waals surface area contributed by atoms with Crippen molar-refractivity contribution in [3.8, 4) is 0 Å². The summed E-state index contributed by atoms with van der Waals surface area (Å²) in [6.45, 7) is 5.19. The van der Waals surface area contributed by atoms with Crippen LogP contribution in [0.5, 0.6) is 0 Å². The molecule has 0 radical (unpaired) electrons. The second-order valence-electron chi connectivity index (χ2n) is 4.66. The van der Waals surface area contributed by atoms with Crippen LogP contribution in [0.3, 0.4) is 0 Å². The fourth-order valence-corrected chi connectivity index (χ4v) is 1.80. The third-order valence-electron chi connectivity index (χ3n) is 2.89. The van der Waals surface area contributed by atoms with Crippen LogP contribution >= 0.6 is 0 Å². The molecule has 7 heteroatoms. The normalized spacial score (nSPS) is 11.0. The summed E-state index contributed by atoms with van der Waals surface area (Å²) in [4.78, 5) is 34.9. The van der Waals surface area contributed by atoms with Gasteiger partial charge in [0, 0.05) is 11.3 Å². The number of hydroxylamine groups is 1. The number of allylic oxidation sites excluding steroid dienone is 3. The molecule has 0 saturated heterocycles. The van der Waals surface area contributed by atoms with Gasteiger partial charge in [0.2, 0.25) is 5.91 Å². The Morgan fingerprint density at radius 2 is 2.04 bits per heavy atom. The third-order valence-corrected chi connectivity index (χ3v) is 2.89. The highest BCUT2D eigenvalue weighted by molar-refractivity contribution is 6.08. The number of amides is 4. The molecular formula is C17H19N3O4. The van der Waals surface area contributed by atoms with Crippen LogP contribution in [0.4, 0.5) is 10.5 Å². The molecule has 4 N–H and O–H groups in total. The molecule has 0 saturated carbocycles. The second-order valence-corrected chi connectivity index (χ2v) is 4.66. The van der Waals surface area contributed by atoms with E-state index in [0.717, 1.165) is 0 Å². The third kappa shape index (κ3) is 6.29. The van der Waals surface area contributed by atoms with Gasteiger partial charge >= 0.3 is 6.03 Å². The fourth-order valence-electron chi connectivity index (χ4n) is 1.80. The van der Waals surface area contributed by atoms with Crippen molar-refractivity contribution >= 4 is 23.5 Å². The van der Waals surface area contributed by atoms with Gasteiger partial charge < -0.3 is 5.32 Å². The van der Waals surface area contributed by atoms with E-state index >= 15 is 0 Å². The second kappa shape index (κ2) is 9.75. The van der Waals surface area contributed by atoms with E-state index in [1.165, 1.54) is 17.6 Å². The van der Waals surface area contributed by atoms with Crippen molar-refractivity contribution < 1.29 is 19.6 Å². The van der Waals surface area contributed by atoms with Crippen molar-refractivity contribution in [1.29, 1.82) is 0 Å². The molecule has 1 aromatic rings. The van der Waals surface area contributed by atoms with Crippen molar-refractivity contribution in [3.63, 3.8) is 0 Å². The number of carbonyl (C=O) groups is 3. The standard InChI is InChI=1S/C17H19N3O4/c1-3-5-8-13(4-2)16(22)19-17(23)18-14-9-6-7-12(10-14)11-15(21)20-24/h3-10,24H,1,11H2,2H3,(H,20,21)(H2,18,19,22,23)/b8-5-,13-4+. The Balaban J connectivity index is 2.69. The van der Waals surface area contributed by atoms with E-state index in [4.69, 9.17) is 5.21 Å². The number of urea groups is 1. The Labute approximate surface area is 139 Å². The van der Waals surface area contributed by atoms with Gasteiger partial charge in [0.15, 0.2) is 0 Å². The minimum atomic E-state index is -0.699. The van der Waals surface area contributed by atoms with Crippen molar-refractivity contribution in [1.82, 2.24) is 10.8 Å². The van der Waals surface area contributed by atoms with Crippen LogP contribution in [0.25, 0.3) is 0 Å². The summed E-state index contributed by atoms with van der Waals surface area (Å²) in [5, 5.41) is 13.2. The van der Waals surface area contributed by atoms with Gasteiger partial charge in [-0.3, -0.25) is 20.1 Å². The van der Waals surface area contributed by atoms with Gasteiger partial charge in [-0.2, -0.15) is 0 Å². The number of hydrogen-bond acceptors (Lipinski definition) is 4. The maximum atomic E-state index is 11.9. The molecular weight excluding hydrogens is 310 g/mol. The largest absolute Gasteiger partial charge is 0.326 e. The summed E-state index contributed by atoms with van der Waals surface area (Å²) in [5.74, 6) is -1.12. The molecule has 0 unspecified atom stereocenters. The first-order valence-electron chi connectivity index (χ1n) is 7.09. The number of anilines is 1. The zero-order valence-electron chi connectivity index (χ0n) is 13.2. The summed E-state index contributed by atoms with van der Waals surface area (Å²) >= 11 is 0. The topological polar surface area (TPSA) is 108 Å². The molecule has 0 aliphatic rings. The molecule has 0 aromatic heterocycles. The molecule has 126 valence electrons. The quantitative estimate of drug-likeness (QED) is 0.277. The average Bonchev–Trinajstić information content (AvgIpc) is 2.55. The first kappa shape index (κ1) is 18.9. The number of carbonyl (C=O) groups excluding carboxylic acids is 3. The van der Waals surface area contributed by atoms with Crippen molar-refractivity contribution in [3.05, 3.63) is 66.3 Å². The van der Waals surface area contributed by atoms with Crippen molar-refractivity contribution in [2.75, 3.05) is 5.32 Å². The lowest BCUT2D eigenvalue weighted by molar-refractivity contribution is -0.128. The first-order valence-corrected chi connectivity index (χ1v) is 7.09. The molecule has 24 heavy (non-hydrogen) atoms. The van der Waals surface area contributed by atoms with Crippen LogP contribution in [-0.4, -0.2) is 23.1 Å². The molecule has 0 aliphatic heterocycles. The summed E-state index contributed by atoms with van der Waals surface area (Å²) in [5.41, 5.74) is 2.85. The highest BCUT2D eigenvalue weighted by Crippen LogP contribution is 2.11. The van der Waals surface area contributed by atoms with Gasteiger partial charge in [0.05, 0.1) is 6.42 Å². The molecule has 4 amide bonds. The summed E-state index contributed by atoms with van der Waals surface area (Å²) in [6.07, 6.45) is 6.16. The zero-order valence-corrected chi connectivity index (χ0v) is 13.2. The predicted molar refractivity (Wildman–Crippen MR) is 90.3 cm³/mol. The Morgan fingerprint density at radius 1 is 1.29 bits per heavy atom. The lowest BCUT2D eigenvalue weighted by atomic mass is 10.1. The molecule has 0 fully saturated rings. The maximum absolute atomic E-state index is 11.9. The van der Waals surface area contributed by atoms with Gasteiger partial charge in [-0.1, -0.05) is 36.9 Å². The smallest absolute Gasteiger partial charge is 0.308 e. The first-order chi connectivity index (χ1) is 11.5. The van der Waals surface area contributed by atoms with E-state index in [1.807, 2.05) is 0 Å². The molecule has 1 rings (SSSR count). The van der Waals surface area contributed by atoms with Gasteiger partial charge in [0.1, 0.15) is 0 Å². The fraction of sp³-hybridized carbons (Fsp3) is 0.118. The van der Waals surface area contributed by atoms with Crippen LogP contribution in [-0.2, 0) is 16.0 Å². The van der Waals surface area contributed by atoms with Crippen LogP contribution in [0.1, 0.15) is 12.5 Å². The number of hydrogen-bond donors (Lipinski definition) is 4. The molecule has 0 bridgehead atoms. The maximum Gasteiger partial charge on any atom is 0.326 e. The van der Waals surface area contributed by atoms with E-state index in [-0.39, 0.29) is 6.42 Å². The Kier molecular flexibility index (Phi) is 7.66. The predicted octanol–water partition coefficient (Wildman–Crippen LogP) is 2.07. The van der Waals surface area contributed by atoms with Crippen LogP contribution in [0.15, 0.2) is 60.7 Å². The highest BCUT2D eigenvalue weighted by atomic mass is 16.5. The van der Waals surface area contributed by atoms with Crippen LogP contribution < -0.4 is 16.1 Å². The summed E-state index contributed by atoms with van der Waals surface area (Å²) < 4.78 is 0. The molecule has 0 aliphatic carbocycles. The molecule has 1 aromatic carbocycles. The lowest BCUT2D eigenvalue weighted by Gasteiger charge is -2.08. The number of benzene rings is 1. The lowest BCUT2D eigenvalue weighted by Crippen LogP contribution is -2.35. The van der Waals surface area contributed by atoms with Gasteiger partial charge in [-0.15, -0.1) is 0 Å². The number of nitrogens with one attached hydrogen (secondary N) is 3. The number of rotatable bonds is 6. The van der Waals surface area contributed by atoms with Gasteiger partial charge in [-0.05, 0) is 30.7 Å².